The number of piperidine rings is 1. The largest absolute Gasteiger partial charge is 0.351 e. The molecule has 0 radical (unpaired) electrons. The number of aromatic nitrogens is 2. The van der Waals surface area contributed by atoms with Crippen LogP contribution >= 0.6 is 11.6 Å². The van der Waals surface area contributed by atoms with Crippen LogP contribution in [0.15, 0.2) is 36.7 Å². The molecule has 2 aromatic rings. The highest BCUT2D eigenvalue weighted by molar-refractivity contribution is 6.30. The van der Waals surface area contributed by atoms with Gasteiger partial charge in [-0.05, 0) is 25.3 Å². The lowest BCUT2D eigenvalue weighted by atomic mass is 10.0. The molecule has 1 aromatic heterocycles. The van der Waals surface area contributed by atoms with Crippen molar-refractivity contribution in [3.8, 4) is 0 Å². The van der Waals surface area contributed by atoms with Crippen LogP contribution in [0, 0.1) is 6.92 Å². The van der Waals surface area contributed by atoms with Gasteiger partial charge < -0.3 is 10.2 Å². The number of nitrogens with zero attached hydrogens (tertiary/aromatic N) is 4. The van der Waals surface area contributed by atoms with Crippen LogP contribution in [0.25, 0.3) is 0 Å². The number of anilines is 1. The molecular weight excluding hydrogens is 362 g/mol. The summed E-state index contributed by atoms with van der Waals surface area (Å²) >= 11 is 5.85. The van der Waals surface area contributed by atoms with Gasteiger partial charge in [0.2, 0.25) is 11.9 Å². The van der Waals surface area contributed by atoms with E-state index in [-0.39, 0.29) is 5.91 Å². The summed E-state index contributed by atoms with van der Waals surface area (Å²) in [6.45, 7) is 4.86. The molecule has 2 heterocycles. The molecule has 6 nitrogen and oxygen atoms in total. The molecule has 0 spiro atoms. The van der Waals surface area contributed by atoms with Crippen molar-refractivity contribution in [2.75, 3.05) is 31.6 Å². The maximum Gasteiger partial charge on any atom is 0.234 e. The number of benzene rings is 1. The van der Waals surface area contributed by atoms with Gasteiger partial charge in [0, 0.05) is 32.7 Å². The Balaban J connectivity index is 1.41. The third-order valence-corrected chi connectivity index (χ3v) is 5.20. The van der Waals surface area contributed by atoms with Crippen LogP contribution in [0.2, 0.25) is 5.02 Å². The Bertz CT molecular complexity index is 742. The Labute approximate surface area is 165 Å². The van der Waals surface area contributed by atoms with Crippen molar-refractivity contribution in [1.82, 2.24) is 20.2 Å². The van der Waals surface area contributed by atoms with Gasteiger partial charge in [0.15, 0.2) is 0 Å². The predicted molar refractivity (Wildman–Crippen MR) is 108 cm³/mol. The van der Waals surface area contributed by atoms with E-state index in [0.29, 0.717) is 30.1 Å². The average Bonchev–Trinajstić information content (AvgIpc) is 2.68. The van der Waals surface area contributed by atoms with E-state index >= 15 is 0 Å². The van der Waals surface area contributed by atoms with Crippen LogP contribution in [0.5, 0.6) is 0 Å². The van der Waals surface area contributed by atoms with Crippen molar-refractivity contribution in [3.05, 3.63) is 52.8 Å². The smallest absolute Gasteiger partial charge is 0.234 e. The first-order chi connectivity index (χ1) is 13.0. The SMILES string of the molecule is Cc1ccc(CNC(=O)CN2CCC(N(C)c3ncc(Cl)cn3)CC2)cc1. The van der Waals surface area contributed by atoms with Gasteiger partial charge in [-0.15, -0.1) is 0 Å². The molecule has 1 N–H and O–H groups in total. The number of amides is 1. The number of aryl methyl sites for hydroxylation is 1. The van der Waals surface area contributed by atoms with E-state index in [1.54, 1.807) is 12.4 Å². The zero-order valence-corrected chi connectivity index (χ0v) is 16.6. The van der Waals surface area contributed by atoms with Gasteiger partial charge in [-0.1, -0.05) is 41.4 Å². The summed E-state index contributed by atoms with van der Waals surface area (Å²) in [5, 5.41) is 3.55. The number of rotatable bonds is 6. The lowest BCUT2D eigenvalue weighted by Crippen LogP contribution is -2.46. The third kappa shape index (κ3) is 5.65. The molecule has 0 atom stereocenters. The fraction of sp³-hybridized carbons (Fsp3) is 0.450. The summed E-state index contributed by atoms with van der Waals surface area (Å²) in [4.78, 5) is 25.1. The Hall–Kier alpha value is -2.18. The van der Waals surface area contributed by atoms with Crippen molar-refractivity contribution in [2.45, 2.75) is 32.4 Å². The summed E-state index contributed by atoms with van der Waals surface area (Å²) in [6.07, 6.45) is 5.20. The highest BCUT2D eigenvalue weighted by Crippen LogP contribution is 2.19. The van der Waals surface area contributed by atoms with Crippen LogP contribution in [0.3, 0.4) is 0 Å². The van der Waals surface area contributed by atoms with E-state index in [4.69, 9.17) is 11.6 Å². The molecule has 7 heteroatoms. The molecule has 1 aliphatic heterocycles. The molecule has 1 saturated heterocycles. The molecular formula is C20H26ClN5O. The quantitative estimate of drug-likeness (QED) is 0.825. The fourth-order valence-electron chi connectivity index (χ4n) is 3.28. The molecule has 1 amide bonds. The van der Waals surface area contributed by atoms with Gasteiger partial charge in [-0.2, -0.15) is 0 Å². The van der Waals surface area contributed by atoms with Gasteiger partial charge >= 0.3 is 0 Å². The monoisotopic (exact) mass is 387 g/mol. The van der Waals surface area contributed by atoms with Crippen molar-refractivity contribution >= 4 is 23.5 Å². The van der Waals surface area contributed by atoms with Crippen molar-refractivity contribution in [1.29, 1.82) is 0 Å². The van der Waals surface area contributed by atoms with E-state index in [1.165, 1.54) is 5.56 Å². The zero-order chi connectivity index (χ0) is 19.2. The third-order valence-electron chi connectivity index (χ3n) is 5.00. The molecule has 0 aliphatic carbocycles. The number of likely N-dealkylation sites (tertiary alicyclic amines) is 1. The predicted octanol–water partition coefficient (Wildman–Crippen LogP) is 2.66. The molecule has 0 bridgehead atoms. The Morgan fingerprint density at radius 2 is 1.85 bits per heavy atom. The minimum absolute atomic E-state index is 0.0726. The summed E-state index contributed by atoms with van der Waals surface area (Å²) in [6, 6.07) is 8.60. The van der Waals surface area contributed by atoms with E-state index in [2.05, 4.69) is 56.3 Å². The summed E-state index contributed by atoms with van der Waals surface area (Å²) in [5.74, 6) is 0.761. The van der Waals surface area contributed by atoms with E-state index in [9.17, 15) is 4.79 Å². The van der Waals surface area contributed by atoms with Crippen molar-refractivity contribution < 1.29 is 4.79 Å². The summed E-state index contributed by atoms with van der Waals surface area (Å²) in [5.41, 5.74) is 2.35. The maximum absolute atomic E-state index is 12.2. The molecule has 3 rings (SSSR count). The molecule has 144 valence electrons. The number of halogens is 1. The molecule has 0 unspecified atom stereocenters. The van der Waals surface area contributed by atoms with Gasteiger partial charge in [-0.25, -0.2) is 9.97 Å². The van der Waals surface area contributed by atoms with Crippen LogP contribution in [-0.2, 0) is 11.3 Å². The number of hydrogen-bond acceptors (Lipinski definition) is 5. The van der Waals surface area contributed by atoms with Gasteiger partial charge in [0.1, 0.15) is 0 Å². The standard InChI is InChI=1S/C20H26ClN5O/c1-15-3-5-16(6-4-15)11-22-19(27)14-26-9-7-18(8-10-26)25(2)20-23-12-17(21)13-24-20/h3-6,12-13,18H,7-11,14H2,1-2H3,(H,22,27). The molecule has 1 aliphatic rings. The molecule has 0 saturated carbocycles. The zero-order valence-electron chi connectivity index (χ0n) is 15.9. The summed E-state index contributed by atoms with van der Waals surface area (Å²) in [7, 11) is 2.01. The number of carbonyl (C=O) groups excluding carboxylic acids is 1. The number of hydrogen-bond donors (Lipinski definition) is 1. The lowest BCUT2D eigenvalue weighted by Gasteiger charge is -2.36. The Kier molecular flexibility index (Phi) is 6.63. The van der Waals surface area contributed by atoms with Crippen LogP contribution in [-0.4, -0.2) is 53.5 Å². The molecule has 1 fully saturated rings. The van der Waals surface area contributed by atoms with Gasteiger partial charge in [0.25, 0.3) is 0 Å². The van der Waals surface area contributed by atoms with E-state index in [0.717, 1.165) is 31.5 Å². The average molecular weight is 388 g/mol. The second kappa shape index (κ2) is 9.15. The first kappa shape index (κ1) is 19.6. The van der Waals surface area contributed by atoms with Gasteiger partial charge in [0.05, 0.1) is 24.0 Å². The summed E-state index contributed by atoms with van der Waals surface area (Å²) < 4.78 is 0. The minimum atomic E-state index is 0.0726. The Morgan fingerprint density at radius 1 is 1.22 bits per heavy atom. The topological polar surface area (TPSA) is 61.4 Å². The van der Waals surface area contributed by atoms with Crippen molar-refractivity contribution in [3.63, 3.8) is 0 Å². The normalized spacial score (nSPS) is 15.5. The van der Waals surface area contributed by atoms with Crippen LogP contribution in [0.4, 0.5) is 5.95 Å². The minimum Gasteiger partial charge on any atom is -0.351 e. The van der Waals surface area contributed by atoms with E-state index in [1.807, 2.05) is 7.05 Å². The molecule has 27 heavy (non-hydrogen) atoms. The number of carbonyl (C=O) groups is 1. The van der Waals surface area contributed by atoms with Crippen molar-refractivity contribution in [2.24, 2.45) is 0 Å². The van der Waals surface area contributed by atoms with Crippen LogP contribution < -0.4 is 10.2 Å². The lowest BCUT2D eigenvalue weighted by molar-refractivity contribution is -0.122. The Morgan fingerprint density at radius 3 is 2.48 bits per heavy atom. The maximum atomic E-state index is 12.2. The highest BCUT2D eigenvalue weighted by atomic mass is 35.5. The van der Waals surface area contributed by atoms with Crippen LogP contribution in [0.1, 0.15) is 24.0 Å². The fourth-order valence-corrected chi connectivity index (χ4v) is 3.38. The highest BCUT2D eigenvalue weighted by Gasteiger charge is 2.24. The second-order valence-corrected chi connectivity index (χ2v) is 7.52. The van der Waals surface area contributed by atoms with Gasteiger partial charge in [-0.3, -0.25) is 9.69 Å². The molecule has 1 aromatic carbocycles. The first-order valence-corrected chi connectivity index (χ1v) is 9.64. The first-order valence-electron chi connectivity index (χ1n) is 9.26. The second-order valence-electron chi connectivity index (χ2n) is 7.08. The number of nitrogens with one attached hydrogen (secondary N) is 1. The van der Waals surface area contributed by atoms with E-state index < -0.39 is 0 Å².